The van der Waals surface area contributed by atoms with Gasteiger partial charge < -0.3 is 15.8 Å². The Balaban J connectivity index is 2.00. The molecule has 0 amide bonds. The SMILES string of the molecule is COc1ccc(NCc2cnn(C)c2N)nc1. The summed E-state index contributed by atoms with van der Waals surface area (Å²) < 4.78 is 6.67. The fraction of sp³-hybridized carbons (Fsp3) is 0.273. The third kappa shape index (κ3) is 2.47. The molecule has 0 aliphatic rings. The Kier molecular flexibility index (Phi) is 3.13. The van der Waals surface area contributed by atoms with E-state index in [1.165, 1.54) is 0 Å². The van der Waals surface area contributed by atoms with Gasteiger partial charge in [-0.05, 0) is 12.1 Å². The summed E-state index contributed by atoms with van der Waals surface area (Å²) in [4.78, 5) is 4.20. The van der Waals surface area contributed by atoms with Crippen molar-refractivity contribution in [2.75, 3.05) is 18.2 Å². The molecule has 0 fully saturated rings. The molecule has 0 saturated heterocycles. The number of methoxy groups -OCH3 is 1. The molecule has 0 radical (unpaired) electrons. The number of aromatic nitrogens is 3. The summed E-state index contributed by atoms with van der Waals surface area (Å²) in [6, 6.07) is 3.70. The second kappa shape index (κ2) is 4.73. The lowest BCUT2D eigenvalue weighted by molar-refractivity contribution is 0.413. The topological polar surface area (TPSA) is 78.0 Å². The highest BCUT2D eigenvalue weighted by Gasteiger charge is 2.04. The lowest BCUT2D eigenvalue weighted by Gasteiger charge is -2.05. The highest BCUT2D eigenvalue weighted by molar-refractivity contribution is 5.43. The van der Waals surface area contributed by atoms with Crippen molar-refractivity contribution in [3.63, 3.8) is 0 Å². The monoisotopic (exact) mass is 233 g/mol. The van der Waals surface area contributed by atoms with Gasteiger partial charge in [0.25, 0.3) is 0 Å². The number of nitrogens with one attached hydrogen (secondary N) is 1. The Labute approximate surface area is 99.4 Å². The number of nitrogens with two attached hydrogens (primary N) is 1. The van der Waals surface area contributed by atoms with Crippen LogP contribution < -0.4 is 15.8 Å². The van der Waals surface area contributed by atoms with Gasteiger partial charge in [0.1, 0.15) is 17.4 Å². The quantitative estimate of drug-likeness (QED) is 0.824. The molecule has 0 aliphatic heterocycles. The minimum Gasteiger partial charge on any atom is -0.495 e. The minimum atomic E-state index is 0.596. The van der Waals surface area contributed by atoms with Crippen molar-refractivity contribution in [1.29, 1.82) is 0 Å². The molecule has 2 aromatic rings. The third-order valence-corrected chi connectivity index (χ3v) is 2.50. The van der Waals surface area contributed by atoms with Crippen LogP contribution >= 0.6 is 0 Å². The van der Waals surface area contributed by atoms with E-state index in [-0.39, 0.29) is 0 Å². The molecule has 2 rings (SSSR count). The first-order chi connectivity index (χ1) is 8.20. The molecule has 0 atom stereocenters. The second-order valence-corrected chi connectivity index (χ2v) is 3.62. The first kappa shape index (κ1) is 11.3. The summed E-state index contributed by atoms with van der Waals surface area (Å²) in [5.74, 6) is 2.16. The first-order valence-corrected chi connectivity index (χ1v) is 5.21. The number of anilines is 2. The number of aryl methyl sites for hydroxylation is 1. The van der Waals surface area contributed by atoms with Gasteiger partial charge in [-0.2, -0.15) is 5.10 Å². The highest BCUT2D eigenvalue weighted by Crippen LogP contribution is 2.14. The van der Waals surface area contributed by atoms with E-state index in [2.05, 4.69) is 15.4 Å². The Morgan fingerprint density at radius 3 is 2.76 bits per heavy atom. The normalized spacial score (nSPS) is 10.2. The Morgan fingerprint density at radius 2 is 2.24 bits per heavy atom. The number of rotatable bonds is 4. The van der Waals surface area contributed by atoms with Crippen LogP contribution in [0.4, 0.5) is 11.6 Å². The maximum atomic E-state index is 5.83. The van der Waals surface area contributed by atoms with Crippen molar-refractivity contribution in [1.82, 2.24) is 14.8 Å². The van der Waals surface area contributed by atoms with E-state index < -0.39 is 0 Å². The van der Waals surface area contributed by atoms with Crippen molar-refractivity contribution < 1.29 is 4.74 Å². The molecule has 0 bridgehead atoms. The Morgan fingerprint density at radius 1 is 1.41 bits per heavy atom. The number of hydrogen-bond acceptors (Lipinski definition) is 5. The van der Waals surface area contributed by atoms with Gasteiger partial charge in [0.05, 0.1) is 19.5 Å². The Bertz CT molecular complexity index is 491. The molecule has 0 unspecified atom stereocenters. The molecule has 6 heteroatoms. The first-order valence-electron chi connectivity index (χ1n) is 5.21. The van der Waals surface area contributed by atoms with Crippen LogP contribution in [0, 0.1) is 0 Å². The fourth-order valence-corrected chi connectivity index (χ4v) is 1.42. The van der Waals surface area contributed by atoms with Gasteiger partial charge in [-0.15, -0.1) is 0 Å². The molecule has 2 aromatic heterocycles. The molecule has 0 aromatic carbocycles. The molecular weight excluding hydrogens is 218 g/mol. The molecule has 2 heterocycles. The molecule has 0 spiro atoms. The van der Waals surface area contributed by atoms with Crippen molar-refractivity contribution in [3.8, 4) is 5.75 Å². The third-order valence-electron chi connectivity index (χ3n) is 2.50. The molecule has 17 heavy (non-hydrogen) atoms. The zero-order chi connectivity index (χ0) is 12.3. The van der Waals surface area contributed by atoms with Crippen LogP contribution in [0.1, 0.15) is 5.56 Å². The summed E-state index contributed by atoms with van der Waals surface area (Å²) in [5, 5.41) is 7.23. The lowest BCUT2D eigenvalue weighted by atomic mass is 10.3. The van der Waals surface area contributed by atoms with Crippen molar-refractivity contribution in [3.05, 3.63) is 30.1 Å². The highest BCUT2D eigenvalue weighted by atomic mass is 16.5. The largest absolute Gasteiger partial charge is 0.495 e. The van der Waals surface area contributed by atoms with Crippen LogP contribution in [-0.4, -0.2) is 21.9 Å². The van der Waals surface area contributed by atoms with Gasteiger partial charge in [0.15, 0.2) is 0 Å². The van der Waals surface area contributed by atoms with Gasteiger partial charge in [0.2, 0.25) is 0 Å². The van der Waals surface area contributed by atoms with E-state index in [4.69, 9.17) is 10.5 Å². The van der Waals surface area contributed by atoms with Crippen LogP contribution in [0.5, 0.6) is 5.75 Å². The number of hydrogen-bond donors (Lipinski definition) is 2. The van der Waals surface area contributed by atoms with Crippen LogP contribution in [0.2, 0.25) is 0 Å². The predicted molar refractivity (Wildman–Crippen MR) is 65.7 cm³/mol. The van der Waals surface area contributed by atoms with Crippen molar-refractivity contribution in [2.24, 2.45) is 7.05 Å². The summed E-state index contributed by atoms with van der Waals surface area (Å²) in [6.07, 6.45) is 3.40. The van der Waals surface area contributed by atoms with Crippen molar-refractivity contribution in [2.45, 2.75) is 6.54 Å². The number of nitrogen functional groups attached to an aromatic ring is 1. The van der Waals surface area contributed by atoms with Gasteiger partial charge in [-0.3, -0.25) is 4.68 Å². The smallest absolute Gasteiger partial charge is 0.137 e. The predicted octanol–water partition coefficient (Wildman–Crippen LogP) is 1.02. The van der Waals surface area contributed by atoms with Crippen LogP contribution in [-0.2, 0) is 13.6 Å². The summed E-state index contributed by atoms with van der Waals surface area (Å²) in [5.41, 5.74) is 6.78. The molecular formula is C11H15N5O. The van der Waals surface area contributed by atoms with Crippen LogP contribution in [0.15, 0.2) is 24.5 Å². The maximum Gasteiger partial charge on any atom is 0.137 e. The van der Waals surface area contributed by atoms with Gasteiger partial charge >= 0.3 is 0 Å². The number of ether oxygens (including phenoxy) is 1. The van der Waals surface area contributed by atoms with Crippen LogP contribution in [0.25, 0.3) is 0 Å². The van der Waals surface area contributed by atoms with Gasteiger partial charge in [-0.1, -0.05) is 0 Å². The maximum absolute atomic E-state index is 5.83. The van der Waals surface area contributed by atoms with E-state index in [1.54, 1.807) is 24.2 Å². The molecule has 6 nitrogen and oxygen atoms in total. The van der Waals surface area contributed by atoms with Crippen LogP contribution in [0.3, 0.4) is 0 Å². The van der Waals surface area contributed by atoms with E-state index in [1.807, 2.05) is 19.2 Å². The van der Waals surface area contributed by atoms with Crippen molar-refractivity contribution >= 4 is 11.6 Å². The minimum absolute atomic E-state index is 0.596. The molecule has 0 saturated carbocycles. The molecule has 0 aliphatic carbocycles. The molecule has 90 valence electrons. The van der Waals surface area contributed by atoms with E-state index >= 15 is 0 Å². The summed E-state index contributed by atoms with van der Waals surface area (Å²) in [6.45, 7) is 0.596. The summed E-state index contributed by atoms with van der Waals surface area (Å²) >= 11 is 0. The standard InChI is InChI=1S/C11H15N5O/c1-16-11(12)8(6-15-16)5-13-10-4-3-9(17-2)7-14-10/h3-4,6-7H,5,12H2,1-2H3,(H,13,14). The lowest BCUT2D eigenvalue weighted by Crippen LogP contribution is -2.04. The summed E-state index contributed by atoms with van der Waals surface area (Å²) in [7, 11) is 3.42. The van der Waals surface area contributed by atoms with E-state index in [0.29, 0.717) is 12.4 Å². The zero-order valence-electron chi connectivity index (χ0n) is 9.84. The molecule has 3 N–H and O–H groups in total. The number of pyridine rings is 1. The van der Waals surface area contributed by atoms with Gasteiger partial charge in [-0.25, -0.2) is 4.98 Å². The van der Waals surface area contributed by atoms with E-state index in [9.17, 15) is 0 Å². The van der Waals surface area contributed by atoms with Gasteiger partial charge in [0, 0.05) is 19.2 Å². The Hall–Kier alpha value is -2.24. The zero-order valence-corrected chi connectivity index (χ0v) is 9.84. The fourth-order valence-electron chi connectivity index (χ4n) is 1.42. The average Bonchev–Trinajstić information content (AvgIpc) is 2.68. The average molecular weight is 233 g/mol. The number of nitrogens with zero attached hydrogens (tertiary/aromatic N) is 3. The van der Waals surface area contributed by atoms with E-state index in [0.717, 1.165) is 17.1 Å². The second-order valence-electron chi connectivity index (χ2n) is 3.62.